The fourth-order valence-electron chi connectivity index (χ4n) is 3.24. The van der Waals surface area contributed by atoms with Crippen LogP contribution in [0.25, 0.3) is 10.9 Å². The predicted octanol–water partition coefficient (Wildman–Crippen LogP) is 5.64. The number of aromatic nitrogens is 3. The number of amides is 1. The van der Waals surface area contributed by atoms with Gasteiger partial charge in [0.1, 0.15) is 18.2 Å². The SMILES string of the molecule is CN(C)CC=CC(=O)Nc1cc2c(Nc3ccc(OCc4cccc(Cl)c4)c(Cl)c3)n[nH]c2cn1. The van der Waals surface area contributed by atoms with E-state index in [1.807, 2.05) is 49.3 Å². The Morgan fingerprint density at radius 2 is 2.03 bits per heavy atom. The number of H-pyrrole nitrogens is 1. The lowest BCUT2D eigenvalue weighted by Crippen LogP contribution is -2.13. The van der Waals surface area contributed by atoms with Gasteiger partial charge in [0.15, 0.2) is 5.82 Å². The van der Waals surface area contributed by atoms with E-state index in [-0.39, 0.29) is 5.91 Å². The number of pyridine rings is 1. The molecule has 4 aromatic rings. The molecule has 10 heteroatoms. The van der Waals surface area contributed by atoms with Crippen LogP contribution in [-0.2, 0) is 11.4 Å². The van der Waals surface area contributed by atoms with E-state index in [2.05, 4.69) is 25.8 Å². The molecular formula is C25H24Cl2N6O2. The van der Waals surface area contributed by atoms with Crippen LogP contribution in [0.2, 0.25) is 10.0 Å². The third kappa shape index (κ3) is 6.73. The van der Waals surface area contributed by atoms with Crippen LogP contribution in [0.4, 0.5) is 17.3 Å². The summed E-state index contributed by atoms with van der Waals surface area (Å²) in [5.41, 5.74) is 2.40. The molecule has 0 saturated carbocycles. The first-order valence-electron chi connectivity index (χ1n) is 10.8. The second-order valence-electron chi connectivity index (χ2n) is 8.03. The van der Waals surface area contributed by atoms with Crippen LogP contribution in [0.15, 0.2) is 66.9 Å². The number of aromatic amines is 1. The van der Waals surface area contributed by atoms with E-state index < -0.39 is 0 Å². The fraction of sp³-hybridized carbons (Fsp3) is 0.160. The lowest BCUT2D eigenvalue weighted by molar-refractivity contribution is -0.111. The molecule has 0 aliphatic heterocycles. The van der Waals surface area contributed by atoms with E-state index >= 15 is 0 Å². The number of nitrogens with one attached hydrogen (secondary N) is 3. The minimum atomic E-state index is -0.253. The van der Waals surface area contributed by atoms with Crippen LogP contribution in [0.1, 0.15) is 5.56 Å². The van der Waals surface area contributed by atoms with Gasteiger partial charge < -0.3 is 20.3 Å². The highest BCUT2D eigenvalue weighted by Gasteiger charge is 2.11. The molecule has 3 N–H and O–H groups in total. The summed E-state index contributed by atoms with van der Waals surface area (Å²) in [6, 6.07) is 14.6. The normalized spacial score (nSPS) is 11.3. The third-order valence-electron chi connectivity index (χ3n) is 4.92. The Balaban J connectivity index is 1.44. The molecule has 0 bridgehead atoms. The minimum absolute atomic E-state index is 0.253. The smallest absolute Gasteiger partial charge is 0.249 e. The molecule has 0 saturated heterocycles. The van der Waals surface area contributed by atoms with Crippen LogP contribution in [0.5, 0.6) is 5.75 Å². The van der Waals surface area contributed by atoms with Crippen molar-refractivity contribution in [1.29, 1.82) is 0 Å². The number of benzene rings is 2. The van der Waals surface area contributed by atoms with Gasteiger partial charge in [-0.1, -0.05) is 41.4 Å². The van der Waals surface area contributed by atoms with Crippen molar-refractivity contribution in [3.8, 4) is 5.75 Å². The molecule has 8 nitrogen and oxygen atoms in total. The van der Waals surface area contributed by atoms with E-state index in [1.54, 1.807) is 30.5 Å². The van der Waals surface area contributed by atoms with Gasteiger partial charge in [0.05, 0.1) is 16.7 Å². The molecule has 2 aromatic carbocycles. The average molecular weight is 511 g/mol. The number of nitrogens with zero attached hydrogens (tertiary/aromatic N) is 3. The molecule has 0 radical (unpaired) electrons. The Morgan fingerprint density at radius 3 is 2.80 bits per heavy atom. The van der Waals surface area contributed by atoms with Crippen molar-refractivity contribution in [3.05, 3.63) is 82.5 Å². The Hall–Kier alpha value is -3.59. The molecule has 35 heavy (non-hydrogen) atoms. The van der Waals surface area contributed by atoms with Gasteiger partial charge in [0, 0.05) is 28.7 Å². The summed E-state index contributed by atoms with van der Waals surface area (Å²) in [7, 11) is 3.86. The first-order chi connectivity index (χ1) is 16.9. The van der Waals surface area contributed by atoms with Crippen molar-refractivity contribution in [3.63, 3.8) is 0 Å². The molecule has 0 atom stereocenters. The highest BCUT2D eigenvalue weighted by Crippen LogP contribution is 2.31. The number of anilines is 3. The maximum atomic E-state index is 12.1. The van der Waals surface area contributed by atoms with Gasteiger partial charge in [-0.25, -0.2) is 4.98 Å². The number of ether oxygens (including phenoxy) is 1. The molecule has 180 valence electrons. The summed E-state index contributed by atoms with van der Waals surface area (Å²) in [5, 5.41) is 15.1. The Labute approximate surface area is 212 Å². The first kappa shape index (κ1) is 24.5. The molecule has 1 amide bonds. The number of rotatable bonds is 9. The van der Waals surface area contributed by atoms with E-state index in [9.17, 15) is 4.79 Å². The average Bonchev–Trinajstić information content (AvgIpc) is 3.20. The second-order valence-corrected chi connectivity index (χ2v) is 8.87. The van der Waals surface area contributed by atoms with Crippen LogP contribution in [-0.4, -0.2) is 46.6 Å². The number of carbonyl (C=O) groups excluding carboxylic acids is 1. The quantitative estimate of drug-likeness (QED) is 0.252. The van der Waals surface area contributed by atoms with Crippen LogP contribution in [0, 0.1) is 0 Å². The molecule has 0 aliphatic rings. The van der Waals surface area contributed by atoms with E-state index in [1.165, 1.54) is 6.08 Å². The van der Waals surface area contributed by atoms with Gasteiger partial charge in [0.2, 0.25) is 5.91 Å². The summed E-state index contributed by atoms with van der Waals surface area (Å²) < 4.78 is 5.84. The highest BCUT2D eigenvalue weighted by molar-refractivity contribution is 6.32. The number of halogens is 2. The maximum absolute atomic E-state index is 12.1. The summed E-state index contributed by atoms with van der Waals surface area (Å²) in [6.45, 7) is 1.02. The zero-order valence-electron chi connectivity index (χ0n) is 19.2. The van der Waals surface area contributed by atoms with Gasteiger partial charge in [-0.15, -0.1) is 0 Å². The maximum Gasteiger partial charge on any atom is 0.249 e. The zero-order chi connectivity index (χ0) is 24.8. The minimum Gasteiger partial charge on any atom is -0.487 e. The monoisotopic (exact) mass is 510 g/mol. The zero-order valence-corrected chi connectivity index (χ0v) is 20.7. The van der Waals surface area contributed by atoms with Crippen molar-refractivity contribution in [2.24, 2.45) is 0 Å². The van der Waals surface area contributed by atoms with Gasteiger partial charge >= 0.3 is 0 Å². The predicted molar refractivity (Wildman–Crippen MR) is 141 cm³/mol. The standard InChI is InChI=1S/C25H24Cl2N6O2/c1-33(2)10-4-7-24(34)30-23-13-19-21(14-28-23)31-32-25(19)29-18-8-9-22(20(27)12-18)35-15-16-5-3-6-17(26)11-16/h3-9,11-14H,10,15H2,1-2H3,(H,28,30,34)(H2,29,31,32). The van der Waals surface area contributed by atoms with Crippen LogP contribution >= 0.6 is 23.2 Å². The Kier molecular flexibility index (Phi) is 7.87. The molecule has 4 rings (SSSR count). The molecule has 2 aromatic heterocycles. The van der Waals surface area contributed by atoms with E-state index in [0.29, 0.717) is 40.6 Å². The number of fused-ring (bicyclic) bond motifs is 1. The number of hydrogen-bond acceptors (Lipinski definition) is 6. The molecule has 0 unspecified atom stereocenters. The molecule has 0 aliphatic carbocycles. The van der Waals surface area contributed by atoms with E-state index in [0.717, 1.165) is 22.2 Å². The van der Waals surface area contributed by atoms with Gasteiger partial charge in [0.25, 0.3) is 0 Å². The summed E-state index contributed by atoms with van der Waals surface area (Å²) in [5.74, 6) is 1.30. The Bertz CT molecular complexity index is 1370. The molecule has 0 fully saturated rings. The van der Waals surface area contributed by atoms with Crippen LogP contribution < -0.4 is 15.4 Å². The van der Waals surface area contributed by atoms with Crippen molar-refractivity contribution < 1.29 is 9.53 Å². The lowest BCUT2D eigenvalue weighted by atomic mass is 10.2. The topological polar surface area (TPSA) is 95.2 Å². The molecular weight excluding hydrogens is 487 g/mol. The lowest BCUT2D eigenvalue weighted by Gasteiger charge is -2.11. The summed E-state index contributed by atoms with van der Waals surface area (Å²) in [4.78, 5) is 18.4. The Morgan fingerprint density at radius 1 is 1.17 bits per heavy atom. The fourth-order valence-corrected chi connectivity index (χ4v) is 3.69. The molecule has 2 heterocycles. The first-order valence-corrected chi connectivity index (χ1v) is 11.5. The summed E-state index contributed by atoms with van der Waals surface area (Å²) >= 11 is 12.5. The van der Waals surface area contributed by atoms with Crippen molar-refractivity contribution in [2.45, 2.75) is 6.61 Å². The molecule has 0 spiro atoms. The van der Waals surface area contributed by atoms with Gasteiger partial charge in [-0.2, -0.15) is 5.10 Å². The number of likely N-dealkylation sites (N-methyl/N-ethyl adjacent to an activating group) is 1. The van der Waals surface area contributed by atoms with Gasteiger partial charge in [-0.3, -0.25) is 9.89 Å². The number of carbonyl (C=O) groups is 1. The largest absolute Gasteiger partial charge is 0.487 e. The van der Waals surface area contributed by atoms with Crippen molar-refractivity contribution in [1.82, 2.24) is 20.1 Å². The second kappa shape index (κ2) is 11.2. The highest BCUT2D eigenvalue weighted by atomic mass is 35.5. The summed E-state index contributed by atoms with van der Waals surface area (Å²) in [6.07, 6.45) is 4.88. The third-order valence-corrected chi connectivity index (χ3v) is 5.45. The van der Waals surface area contributed by atoms with Crippen molar-refractivity contribution in [2.75, 3.05) is 31.3 Å². The van der Waals surface area contributed by atoms with Crippen molar-refractivity contribution >= 4 is 57.3 Å². The van der Waals surface area contributed by atoms with Gasteiger partial charge in [-0.05, 0) is 56.1 Å². The van der Waals surface area contributed by atoms with Crippen LogP contribution in [0.3, 0.4) is 0 Å². The number of hydrogen-bond donors (Lipinski definition) is 3. The van der Waals surface area contributed by atoms with E-state index in [4.69, 9.17) is 27.9 Å².